The third-order valence-corrected chi connectivity index (χ3v) is 6.27. The smallest absolute Gasteiger partial charge is 0.402 e. The van der Waals surface area contributed by atoms with Crippen LogP contribution in [0.15, 0.2) is 48.9 Å². The number of aromatic nitrogens is 2. The van der Waals surface area contributed by atoms with Crippen LogP contribution in [0.4, 0.5) is 0 Å². The van der Waals surface area contributed by atoms with E-state index < -0.39 is 42.1 Å². The average molecular weight is 468 g/mol. The van der Waals surface area contributed by atoms with Gasteiger partial charge in [-0.25, -0.2) is 4.98 Å². The second-order valence-electron chi connectivity index (χ2n) is 9.34. The van der Waals surface area contributed by atoms with Crippen molar-refractivity contribution in [1.29, 1.82) is 0 Å². The summed E-state index contributed by atoms with van der Waals surface area (Å²) in [7, 11) is 0.826. The molecule has 2 N–H and O–H groups in total. The molecule has 2 heterocycles. The zero-order chi connectivity index (χ0) is 24.8. The van der Waals surface area contributed by atoms with Gasteiger partial charge in [0.05, 0.1) is 29.9 Å². The van der Waals surface area contributed by atoms with Crippen molar-refractivity contribution < 1.29 is 23.6 Å². The van der Waals surface area contributed by atoms with Gasteiger partial charge in [0.15, 0.2) is 0 Å². The fourth-order valence-corrected chi connectivity index (χ4v) is 3.58. The number of hydrogen-bond donors (Lipinski definition) is 2. The van der Waals surface area contributed by atoms with E-state index in [9.17, 15) is 9.59 Å². The minimum atomic E-state index is -0.929. The van der Waals surface area contributed by atoms with Crippen LogP contribution in [0, 0.1) is 0 Å². The SMILES string of the molecule is COCC(NC(=O)c1cnccn1)C(=O)N[C@@H](CCc1ccccc1)B1OC(C)(C)C(C)(C)O1. The fraction of sp³-hybridized carbons (Fsp3) is 0.500. The minimum Gasteiger partial charge on any atom is -0.402 e. The molecule has 3 rings (SSSR count). The van der Waals surface area contributed by atoms with E-state index in [0.717, 1.165) is 12.0 Å². The highest BCUT2D eigenvalue weighted by atomic mass is 16.7. The Bertz CT molecular complexity index is 942. The Kier molecular flexibility index (Phi) is 8.40. The topological polar surface area (TPSA) is 112 Å². The van der Waals surface area contributed by atoms with Gasteiger partial charge < -0.3 is 24.7 Å². The highest BCUT2D eigenvalue weighted by Gasteiger charge is 2.54. The average Bonchev–Trinajstić information content (AvgIpc) is 3.04. The summed E-state index contributed by atoms with van der Waals surface area (Å²) in [6.45, 7) is 7.87. The molecule has 0 spiro atoms. The van der Waals surface area contributed by atoms with Crippen LogP contribution in [0.5, 0.6) is 0 Å². The summed E-state index contributed by atoms with van der Waals surface area (Å²) in [6.07, 6.45) is 5.53. The molecule has 10 heteroatoms. The van der Waals surface area contributed by atoms with Crippen molar-refractivity contribution in [3.63, 3.8) is 0 Å². The van der Waals surface area contributed by atoms with E-state index in [1.165, 1.54) is 25.7 Å². The zero-order valence-corrected chi connectivity index (χ0v) is 20.4. The maximum atomic E-state index is 13.2. The molecule has 1 saturated heterocycles. The van der Waals surface area contributed by atoms with Crippen LogP contribution in [0.3, 0.4) is 0 Å². The number of benzene rings is 1. The van der Waals surface area contributed by atoms with E-state index in [1.807, 2.05) is 58.0 Å². The van der Waals surface area contributed by atoms with Crippen LogP contribution in [0.2, 0.25) is 0 Å². The largest absolute Gasteiger partial charge is 0.481 e. The summed E-state index contributed by atoms with van der Waals surface area (Å²) in [5.74, 6) is -1.35. The lowest BCUT2D eigenvalue weighted by atomic mass is 9.75. The number of rotatable bonds is 10. The van der Waals surface area contributed by atoms with Crippen LogP contribution in [0.1, 0.15) is 50.2 Å². The summed E-state index contributed by atoms with van der Waals surface area (Å²) in [5, 5.41) is 5.70. The summed E-state index contributed by atoms with van der Waals surface area (Å²) in [4.78, 5) is 33.7. The molecule has 0 saturated carbocycles. The molecule has 1 unspecified atom stereocenters. The maximum Gasteiger partial charge on any atom is 0.481 e. The van der Waals surface area contributed by atoms with Gasteiger partial charge in [-0.3, -0.25) is 14.6 Å². The molecule has 2 atom stereocenters. The second-order valence-corrected chi connectivity index (χ2v) is 9.34. The lowest BCUT2D eigenvalue weighted by Gasteiger charge is -2.32. The monoisotopic (exact) mass is 468 g/mol. The van der Waals surface area contributed by atoms with Crippen molar-refractivity contribution in [2.24, 2.45) is 0 Å². The van der Waals surface area contributed by atoms with Gasteiger partial charge in [-0.15, -0.1) is 0 Å². The highest BCUT2D eigenvalue weighted by molar-refractivity contribution is 6.48. The van der Waals surface area contributed by atoms with Crippen LogP contribution >= 0.6 is 0 Å². The Morgan fingerprint density at radius 3 is 2.32 bits per heavy atom. The summed E-state index contributed by atoms with van der Waals surface area (Å²) < 4.78 is 17.7. The standard InChI is InChI=1S/C24H33BN4O5/c1-23(2)24(3,4)34-25(33-23)20(12-11-17-9-7-6-8-10-17)29-22(31)19(16-32-5)28-21(30)18-15-26-13-14-27-18/h6-10,13-15,19-20H,11-12,16H2,1-5H3,(H,28,30)(H,29,31)/t19?,20-/m0/s1. The predicted octanol–water partition coefficient (Wildman–Crippen LogP) is 1.97. The molecule has 0 aliphatic carbocycles. The number of carbonyl (C=O) groups is 2. The zero-order valence-electron chi connectivity index (χ0n) is 20.4. The van der Waals surface area contributed by atoms with E-state index in [-0.39, 0.29) is 12.3 Å². The predicted molar refractivity (Wildman–Crippen MR) is 128 cm³/mol. The lowest BCUT2D eigenvalue weighted by molar-refractivity contribution is -0.124. The van der Waals surface area contributed by atoms with Gasteiger partial charge in [0.1, 0.15) is 11.7 Å². The van der Waals surface area contributed by atoms with E-state index in [2.05, 4.69) is 20.6 Å². The van der Waals surface area contributed by atoms with Crippen LogP contribution < -0.4 is 10.6 Å². The van der Waals surface area contributed by atoms with Crippen LogP contribution in [-0.2, 0) is 25.3 Å². The van der Waals surface area contributed by atoms with Crippen molar-refractivity contribution in [1.82, 2.24) is 20.6 Å². The molecule has 1 aliphatic rings. The summed E-state index contributed by atoms with van der Waals surface area (Å²) in [6, 6.07) is 9.08. The number of ether oxygens (including phenoxy) is 1. The Hall–Kier alpha value is -2.82. The molecule has 1 aromatic carbocycles. The molecular formula is C24H33BN4O5. The van der Waals surface area contributed by atoms with Gasteiger partial charge in [-0.2, -0.15) is 0 Å². The maximum absolute atomic E-state index is 13.2. The van der Waals surface area contributed by atoms with Gasteiger partial charge >= 0.3 is 7.12 Å². The Morgan fingerprint density at radius 1 is 1.06 bits per heavy atom. The van der Waals surface area contributed by atoms with Crippen molar-refractivity contribution in [2.75, 3.05) is 13.7 Å². The molecule has 182 valence electrons. The molecule has 9 nitrogen and oxygen atoms in total. The minimum absolute atomic E-state index is 0.00733. The van der Waals surface area contributed by atoms with Crippen molar-refractivity contribution in [2.45, 2.75) is 63.7 Å². The summed E-state index contributed by atoms with van der Waals surface area (Å²) >= 11 is 0. The number of nitrogens with zero attached hydrogens (tertiary/aromatic N) is 2. The van der Waals surface area contributed by atoms with Crippen molar-refractivity contribution >= 4 is 18.9 Å². The Labute approximate surface area is 201 Å². The van der Waals surface area contributed by atoms with Crippen LogP contribution in [0.25, 0.3) is 0 Å². The molecule has 1 aromatic heterocycles. The molecule has 2 aromatic rings. The molecule has 0 bridgehead atoms. The van der Waals surface area contributed by atoms with E-state index >= 15 is 0 Å². The molecular weight excluding hydrogens is 435 g/mol. The first kappa shape index (κ1) is 25.8. The first-order chi connectivity index (χ1) is 16.1. The van der Waals surface area contributed by atoms with Gasteiger partial charge in [0.2, 0.25) is 5.91 Å². The van der Waals surface area contributed by atoms with Crippen molar-refractivity contribution in [3.05, 3.63) is 60.2 Å². The number of aryl methyl sites for hydroxylation is 1. The molecule has 1 aliphatic heterocycles. The normalized spacial score (nSPS) is 18.2. The third-order valence-electron chi connectivity index (χ3n) is 6.27. The van der Waals surface area contributed by atoms with Gasteiger partial charge in [0, 0.05) is 19.5 Å². The van der Waals surface area contributed by atoms with E-state index in [0.29, 0.717) is 6.42 Å². The first-order valence-electron chi connectivity index (χ1n) is 11.4. The quantitative estimate of drug-likeness (QED) is 0.513. The van der Waals surface area contributed by atoms with E-state index in [4.69, 9.17) is 14.0 Å². The molecule has 34 heavy (non-hydrogen) atoms. The number of nitrogens with one attached hydrogen (secondary N) is 2. The Balaban J connectivity index is 1.74. The molecule has 1 fully saturated rings. The number of hydrogen-bond acceptors (Lipinski definition) is 7. The number of carbonyl (C=O) groups excluding carboxylic acids is 2. The fourth-order valence-electron chi connectivity index (χ4n) is 3.58. The molecule has 2 amide bonds. The third kappa shape index (κ3) is 6.40. The van der Waals surface area contributed by atoms with Crippen LogP contribution in [-0.4, -0.2) is 65.8 Å². The summed E-state index contributed by atoms with van der Waals surface area (Å²) in [5.41, 5.74) is 0.171. The van der Waals surface area contributed by atoms with Gasteiger partial charge in [-0.1, -0.05) is 30.3 Å². The highest BCUT2D eigenvalue weighted by Crippen LogP contribution is 2.38. The first-order valence-corrected chi connectivity index (χ1v) is 11.4. The second kappa shape index (κ2) is 11.1. The number of amides is 2. The number of methoxy groups -OCH3 is 1. The lowest BCUT2D eigenvalue weighted by Crippen LogP contribution is -2.56. The van der Waals surface area contributed by atoms with E-state index in [1.54, 1.807) is 0 Å². The molecule has 0 radical (unpaired) electrons. The van der Waals surface area contributed by atoms with Gasteiger partial charge in [0.25, 0.3) is 5.91 Å². The van der Waals surface area contributed by atoms with Crippen molar-refractivity contribution in [3.8, 4) is 0 Å². The van der Waals surface area contributed by atoms with Gasteiger partial charge in [-0.05, 0) is 46.1 Å². The Morgan fingerprint density at radius 2 is 1.74 bits per heavy atom.